The molecule has 1 spiro atoms. The molecule has 2 aliphatic heterocycles. The van der Waals surface area contributed by atoms with Gasteiger partial charge in [-0.15, -0.1) is 0 Å². The Morgan fingerprint density at radius 1 is 1.30 bits per heavy atom. The van der Waals surface area contributed by atoms with Crippen molar-refractivity contribution in [3.63, 3.8) is 0 Å². The predicted octanol–water partition coefficient (Wildman–Crippen LogP) is 1.39. The summed E-state index contributed by atoms with van der Waals surface area (Å²) in [5.74, 6) is -0.834. The molecule has 2 heterocycles. The second kappa shape index (κ2) is 5.92. The fourth-order valence-corrected chi connectivity index (χ4v) is 2.70. The van der Waals surface area contributed by atoms with E-state index in [9.17, 15) is 14.7 Å². The Labute approximate surface area is 133 Å². The molecule has 1 saturated heterocycles. The molecule has 7 nitrogen and oxygen atoms in total. The highest BCUT2D eigenvalue weighted by Gasteiger charge is 2.57. The quantitative estimate of drug-likeness (QED) is 0.848. The third-order valence-electron chi connectivity index (χ3n) is 4.10. The molecule has 23 heavy (non-hydrogen) atoms. The van der Waals surface area contributed by atoms with Crippen LogP contribution in [0.4, 0.5) is 4.79 Å². The second-order valence-electron chi connectivity index (χ2n) is 5.47. The number of ether oxygens (including phenoxy) is 3. The Morgan fingerprint density at radius 2 is 2.00 bits per heavy atom. The van der Waals surface area contributed by atoms with Crippen molar-refractivity contribution in [1.82, 2.24) is 4.90 Å². The second-order valence-corrected chi connectivity index (χ2v) is 5.47. The van der Waals surface area contributed by atoms with E-state index in [0.717, 1.165) is 5.56 Å². The third kappa shape index (κ3) is 2.53. The molecule has 0 unspecified atom stereocenters. The molecular formula is C16H17NO6. The summed E-state index contributed by atoms with van der Waals surface area (Å²) >= 11 is 0. The average molecular weight is 319 g/mol. The molecule has 1 N–H and O–H groups in total. The standard InChI is InChI=1S/C16H17NO6/c1-21-14(19)12-7-17(16(13(12)18)9-22-10-16)15(20)23-8-11-5-3-2-4-6-11/h2-6,18H,7-10H2,1H3. The molecular weight excluding hydrogens is 302 g/mol. The Kier molecular flexibility index (Phi) is 3.96. The number of carbonyl (C=O) groups excluding carboxylic acids is 2. The Bertz CT molecular complexity index is 650. The number of carbonyl (C=O) groups is 2. The van der Waals surface area contributed by atoms with Gasteiger partial charge in [-0.2, -0.15) is 0 Å². The first kappa shape index (κ1) is 15.4. The van der Waals surface area contributed by atoms with Gasteiger partial charge in [0.25, 0.3) is 0 Å². The maximum Gasteiger partial charge on any atom is 0.411 e. The Hall–Kier alpha value is -2.54. The molecule has 3 rings (SSSR count). The van der Waals surface area contributed by atoms with Gasteiger partial charge >= 0.3 is 12.1 Å². The summed E-state index contributed by atoms with van der Waals surface area (Å²) in [6, 6.07) is 9.26. The van der Waals surface area contributed by atoms with Crippen LogP contribution in [0.15, 0.2) is 41.7 Å². The van der Waals surface area contributed by atoms with Gasteiger partial charge in [-0.05, 0) is 5.56 Å². The number of rotatable bonds is 3. The van der Waals surface area contributed by atoms with E-state index in [0.29, 0.717) is 0 Å². The zero-order valence-corrected chi connectivity index (χ0v) is 12.7. The zero-order valence-electron chi connectivity index (χ0n) is 12.7. The first-order valence-electron chi connectivity index (χ1n) is 7.15. The van der Waals surface area contributed by atoms with E-state index in [1.54, 1.807) is 0 Å². The van der Waals surface area contributed by atoms with Crippen molar-refractivity contribution in [3.8, 4) is 0 Å². The molecule has 1 aromatic carbocycles. The summed E-state index contributed by atoms with van der Waals surface area (Å²) in [4.78, 5) is 25.4. The van der Waals surface area contributed by atoms with Crippen LogP contribution in [0.5, 0.6) is 0 Å². The number of methoxy groups -OCH3 is 1. The van der Waals surface area contributed by atoms with E-state index < -0.39 is 17.6 Å². The molecule has 1 fully saturated rings. The van der Waals surface area contributed by atoms with Crippen molar-refractivity contribution in [2.45, 2.75) is 12.1 Å². The van der Waals surface area contributed by atoms with Crippen LogP contribution in [0.1, 0.15) is 5.56 Å². The normalized spacial score (nSPS) is 18.7. The van der Waals surface area contributed by atoms with E-state index in [2.05, 4.69) is 4.74 Å². The largest absolute Gasteiger partial charge is 0.509 e. The fourth-order valence-electron chi connectivity index (χ4n) is 2.70. The van der Waals surface area contributed by atoms with Crippen molar-refractivity contribution < 1.29 is 28.9 Å². The number of aliphatic hydroxyl groups excluding tert-OH is 1. The molecule has 0 aliphatic carbocycles. The minimum absolute atomic E-state index is 0.0600. The molecule has 0 saturated carbocycles. The van der Waals surface area contributed by atoms with Crippen LogP contribution in [-0.4, -0.2) is 54.5 Å². The Balaban J connectivity index is 1.73. The Morgan fingerprint density at radius 3 is 2.57 bits per heavy atom. The highest BCUT2D eigenvalue weighted by molar-refractivity contribution is 5.92. The van der Waals surface area contributed by atoms with E-state index in [1.165, 1.54) is 12.0 Å². The van der Waals surface area contributed by atoms with Gasteiger partial charge in [-0.3, -0.25) is 4.90 Å². The van der Waals surface area contributed by atoms with Crippen LogP contribution < -0.4 is 0 Å². The number of hydrogen-bond acceptors (Lipinski definition) is 6. The smallest absolute Gasteiger partial charge is 0.411 e. The lowest BCUT2D eigenvalue weighted by atomic mass is 9.94. The highest BCUT2D eigenvalue weighted by Crippen LogP contribution is 2.39. The number of benzene rings is 1. The van der Waals surface area contributed by atoms with Crippen LogP contribution in [0.25, 0.3) is 0 Å². The molecule has 2 aliphatic rings. The van der Waals surface area contributed by atoms with Crippen molar-refractivity contribution in [3.05, 3.63) is 47.2 Å². The van der Waals surface area contributed by atoms with Crippen LogP contribution in [0.2, 0.25) is 0 Å². The lowest BCUT2D eigenvalue weighted by Crippen LogP contribution is -2.62. The number of nitrogens with zero attached hydrogens (tertiary/aromatic N) is 1. The van der Waals surface area contributed by atoms with Gasteiger partial charge in [0.1, 0.15) is 12.4 Å². The molecule has 1 amide bonds. The van der Waals surface area contributed by atoms with Gasteiger partial charge in [0.15, 0.2) is 5.54 Å². The molecule has 122 valence electrons. The summed E-state index contributed by atoms with van der Waals surface area (Å²) in [5, 5.41) is 10.3. The summed E-state index contributed by atoms with van der Waals surface area (Å²) < 4.78 is 15.1. The number of aliphatic hydroxyl groups is 1. The number of hydrogen-bond donors (Lipinski definition) is 1. The third-order valence-corrected chi connectivity index (χ3v) is 4.10. The van der Waals surface area contributed by atoms with Gasteiger partial charge in [0.05, 0.1) is 32.4 Å². The molecule has 0 bridgehead atoms. The minimum Gasteiger partial charge on any atom is -0.509 e. The van der Waals surface area contributed by atoms with E-state index >= 15 is 0 Å². The monoisotopic (exact) mass is 319 g/mol. The number of amides is 1. The van der Waals surface area contributed by atoms with Crippen LogP contribution in [-0.2, 0) is 25.6 Å². The zero-order chi connectivity index (χ0) is 16.4. The molecule has 1 aromatic rings. The molecule has 7 heteroatoms. The average Bonchev–Trinajstić information content (AvgIpc) is 2.86. The maximum atomic E-state index is 12.4. The summed E-state index contributed by atoms with van der Waals surface area (Å²) in [6.07, 6.45) is -0.609. The van der Waals surface area contributed by atoms with Crippen molar-refractivity contribution in [2.75, 3.05) is 26.9 Å². The molecule has 0 radical (unpaired) electrons. The van der Waals surface area contributed by atoms with Crippen LogP contribution in [0.3, 0.4) is 0 Å². The van der Waals surface area contributed by atoms with Crippen LogP contribution in [0, 0.1) is 0 Å². The summed E-state index contributed by atoms with van der Waals surface area (Å²) in [5.41, 5.74) is -0.103. The SMILES string of the molecule is COC(=O)C1=C(O)C2(COC2)N(C(=O)OCc2ccccc2)C1. The summed E-state index contributed by atoms with van der Waals surface area (Å²) in [6.45, 7) is 0.302. The van der Waals surface area contributed by atoms with Gasteiger partial charge in [0, 0.05) is 0 Å². The van der Waals surface area contributed by atoms with E-state index in [-0.39, 0.29) is 37.7 Å². The fraction of sp³-hybridized carbons (Fsp3) is 0.375. The molecule has 0 aromatic heterocycles. The van der Waals surface area contributed by atoms with Gasteiger partial charge in [0.2, 0.25) is 0 Å². The molecule has 0 atom stereocenters. The first-order valence-corrected chi connectivity index (χ1v) is 7.15. The van der Waals surface area contributed by atoms with E-state index in [1.807, 2.05) is 30.3 Å². The topological polar surface area (TPSA) is 85.3 Å². The van der Waals surface area contributed by atoms with Crippen molar-refractivity contribution >= 4 is 12.1 Å². The lowest BCUT2D eigenvalue weighted by Gasteiger charge is -2.44. The van der Waals surface area contributed by atoms with E-state index in [4.69, 9.17) is 9.47 Å². The summed E-state index contributed by atoms with van der Waals surface area (Å²) in [7, 11) is 1.23. The van der Waals surface area contributed by atoms with Crippen molar-refractivity contribution in [1.29, 1.82) is 0 Å². The van der Waals surface area contributed by atoms with Gasteiger partial charge < -0.3 is 19.3 Å². The predicted molar refractivity (Wildman–Crippen MR) is 78.6 cm³/mol. The van der Waals surface area contributed by atoms with Gasteiger partial charge in [-0.25, -0.2) is 9.59 Å². The van der Waals surface area contributed by atoms with Gasteiger partial charge in [-0.1, -0.05) is 30.3 Å². The first-order chi connectivity index (χ1) is 11.1. The number of esters is 1. The highest BCUT2D eigenvalue weighted by atomic mass is 16.6. The minimum atomic E-state index is -1.02. The maximum absolute atomic E-state index is 12.4. The lowest BCUT2D eigenvalue weighted by molar-refractivity contribution is -0.136. The van der Waals surface area contributed by atoms with Crippen molar-refractivity contribution in [2.24, 2.45) is 0 Å². The van der Waals surface area contributed by atoms with Crippen LogP contribution >= 0.6 is 0 Å².